The molecule has 0 aliphatic rings. The maximum absolute atomic E-state index is 13.3. The SMILES string of the molecule is Cc1cc(OCc2ccc(C(=O)O)cc2)c(N(CC(C)C)S(=O)c2nccs2)cc1C. The van der Waals surface area contributed by atoms with Gasteiger partial charge in [0.2, 0.25) is 4.34 Å². The van der Waals surface area contributed by atoms with Crippen LogP contribution in [0.1, 0.15) is 40.9 Å². The van der Waals surface area contributed by atoms with Crippen molar-refractivity contribution >= 4 is 34.0 Å². The average molecular weight is 459 g/mol. The summed E-state index contributed by atoms with van der Waals surface area (Å²) in [5.74, 6) is -0.0455. The number of ether oxygens (including phenoxy) is 1. The van der Waals surface area contributed by atoms with Gasteiger partial charge in [0.05, 0.1) is 11.3 Å². The van der Waals surface area contributed by atoms with E-state index < -0.39 is 17.0 Å². The Kier molecular flexibility index (Phi) is 7.46. The first-order chi connectivity index (χ1) is 14.8. The molecule has 164 valence electrons. The molecule has 0 spiro atoms. The summed E-state index contributed by atoms with van der Waals surface area (Å²) in [6.45, 7) is 9.05. The standard InChI is InChI=1S/C23H26N2O4S2/c1-15(2)13-25(31(28)23-24-9-10-30-23)20-11-16(3)17(4)12-21(20)29-14-18-5-7-19(8-6-18)22(26)27/h5-12,15H,13-14H2,1-4H3,(H,26,27). The molecule has 0 amide bonds. The van der Waals surface area contributed by atoms with Gasteiger partial charge < -0.3 is 9.84 Å². The van der Waals surface area contributed by atoms with E-state index in [0.717, 1.165) is 22.4 Å². The van der Waals surface area contributed by atoms with Gasteiger partial charge in [0, 0.05) is 18.1 Å². The van der Waals surface area contributed by atoms with Crippen molar-refractivity contribution < 1.29 is 18.8 Å². The molecule has 0 fully saturated rings. The molecule has 1 atom stereocenters. The molecule has 8 heteroatoms. The number of nitrogens with zero attached hydrogens (tertiary/aromatic N) is 2. The largest absolute Gasteiger partial charge is 0.487 e. The van der Waals surface area contributed by atoms with Crippen molar-refractivity contribution in [1.29, 1.82) is 0 Å². The Balaban J connectivity index is 1.93. The molecule has 1 N–H and O–H groups in total. The number of carbonyl (C=O) groups is 1. The molecule has 0 aliphatic heterocycles. The number of hydrogen-bond acceptors (Lipinski definition) is 5. The fourth-order valence-electron chi connectivity index (χ4n) is 2.97. The van der Waals surface area contributed by atoms with Crippen molar-refractivity contribution in [3.05, 3.63) is 70.2 Å². The van der Waals surface area contributed by atoms with Crippen molar-refractivity contribution in [3.8, 4) is 5.75 Å². The third kappa shape index (κ3) is 5.71. The van der Waals surface area contributed by atoms with Gasteiger partial charge in [0.25, 0.3) is 0 Å². The highest BCUT2D eigenvalue weighted by Gasteiger charge is 2.23. The number of aryl methyl sites for hydroxylation is 2. The third-order valence-corrected chi connectivity index (χ3v) is 7.16. The van der Waals surface area contributed by atoms with Crippen LogP contribution in [-0.2, 0) is 17.6 Å². The second-order valence-electron chi connectivity index (χ2n) is 7.70. The average Bonchev–Trinajstić information content (AvgIpc) is 3.27. The van der Waals surface area contributed by atoms with Crippen molar-refractivity contribution in [2.24, 2.45) is 5.92 Å². The molecule has 0 bridgehead atoms. The molecular formula is C23H26N2O4S2. The third-order valence-electron chi connectivity index (χ3n) is 4.73. The molecule has 31 heavy (non-hydrogen) atoms. The number of rotatable bonds is 9. The summed E-state index contributed by atoms with van der Waals surface area (Å²) in [5.41, 5.74) is 4.00. The lowest BCUT2D eigenvalue weighted by Crippen LogP contribution is -2.30. The van der Waals surface area contributed by atoms with Crippen molar-refractivity contribution in [2.75, 3.05) is 10.8 Å². The highest BCUT2D eigenvalue weighted by molar-refractivity contribution is 7.88. The van der Waals surface area contributed by atoms with Crippen molar-refractivity contribution in [2.45, 2.75) is 38.6 Å². The summed E-state index contributed by atoms with van der Waals surface area (Å²) < 4.78 is 21.9. The monoisotopic (exact) mass is 458 g/mol. The van der Waals surface area contributed by atoms with Gasteiger partial charge in [-0.2, -0.15) is 0 Å². The lowest BCUT2D eigenvalue weighted by molar-refractivity contribution is 0.0697. The molecule has 3 aromatic rings. The minimum absolute atomic E-state index is 0.234. The molecule has 0 saturated carbocycles. The van der Waals surface area contributed by atoms with E-state index in [-0.39, 0.29) is 18.1 Å². The Hall–Kier alpha value is -2.71. The van der Waals surface area contributed by atoms with Crippen LogP contribution in [-0.4, -0.2) is 26.8 Å². The Morgan fingerprint density at radius 1 is 1.19 bits per heavy atom. The van der Waals surface area contributed by atoms with E-state index in [9.17, 15) is 9.00 Å². The molecule has 6 nitrogen and oxygen atoms in total. The van der Waals surface area contributed by atoms with Crippen LogP contribution in [0.4, 0.5) is 5.69 Å². The highest BCUT2D eigenvalue weighted by atomic mass is 32.2. The summed E-state index contributed by atoms with van der Waals surface area (Å²) >= 11 is 1.37. The minimum Gasteiger partial charge on any atom is -0.487 e. The summed E-state index contributed by atoms with van der Waals surface area (Å²) in [7, 11) is -1.45. The van der Waals surface area contributed by atoms with Gasteiger partial charge in [-0.05, 0) is 60.7 Å². The number of aromatic carboxylic acids is 1. The topological polar surface area (TPSA) is 79.7 Å². The highest BCUT2D eigenvalue weighted by Crippen LogP contribution is 2.35. The van der Waals surface area contributed by atoms with Gasteiger partial charge in [-0.25, -0.2) is 14.0 Å². The predicted octanol–water partition coefficient (Wildman–Crippen LogP) is 5.22. The number of thiazole rings is 1. The predicted molar refractivity (Wildman–Crippen MR) is 124 cm³/mol. The molecule has 1 heterocycles. The maximum Gasteiger partial charge on any atom is 0.335 e. The van der Waals surface area contributed by atoms with E-state index in [1.807, 2.05) is 35.7 Å². The molecule has 2 aromatic carbocycles. The fourth-order valence-corrected chi connectivity index (χ4v) is 5.19. The van der Waals surface area contributed by atoms with Gasteiger partial charge in [-0.1, -0.05) is 26.0 Å². The number of hydrogen-bond donors (Lipinski definition) is 1. The van der Waals surface area contributed by atoms with Crippen LogP contribution < -0.4 is 9.04 Å². The number of carboxylic acids is 1. The van der Waals surface area contributed by atoms with Crippen LogP contribution in [0.15, 0.2) is 52.3 Å². The van der Waals surface area contributed by atoms with E-state index in [1.54, 1.807) is 30.5 Å². The van der Waals surface area contributed by atoms with Gasteiger partial charge in [0.1, 0.15) is 12.4 Å². The fraction of sp³-hybridized carbons (Fsp3) is 0.304. The quantitative estimate of drug-likeness (QED) is 0.475. The van der Waals surface area contributed by atoms with Crippen LogP contribution >= 0.6 is 11.3 Å². The number of aromatic nitrogens is 1. The van der Waals surface area contributed by atoms with Crippen molar-refractivity contribution in [3.63, 3.8) is 0 Å². The minimum atomic E-state index is -1.45. The maximum atomic E-state index is 13.3. The zero-order chi connectivity index (χ0) is 22.5. The van der Waals surface area contributed by atoms with Gasteiger partial charge in [0.15, 0.2) is 11.0 Å². The number of anilines is 1. The molecule has 1 unspecified atom stereocenters. The molecule has 0 radical (unpaired) electrons. The normalized spacial score (nSPS) is 12.0. The second-order valence-corrected chi connectivity index (χ2v) is 10.2. The molecule has 0 saturated heterocycles. The first kappa shape index (κ1) is 23.0. The zero-order valence-electron chi connectivity index (χ0n) is 18.0. The van der Waals surface area contributed by atoms with E-state index >= 15 is 0 Å². The molecule has 0 aliphatic carbocycles. The number of benzene rings is 2. The smallest absolute Gasteiger partial charge is 0.335 e. The van der Waals surface area contributed by atoms with Gasteiger partial charge in [-0.15, -0.1) is 11.3 Å². The summed E-state index contributed by atoms with van der Waals surface area (Å²) in [6, 6.07) is 10.6. The lowest BCUT2D eigenvalue weighted by atomic mass is 10.1. The first-order valence-corrected chi connectivity index (χ1v) is 11.9. The van der Waals surface area contributed by atoms with Crippen molar-refractivity contribution in [1.82, 2.24) is 4.98 Å². The first-order valence-electron chi connectivity index (χ1n) is 9.91. The van der Waals surface area contributed by atoms with E-state index in [1.165, 1.54) is 11.3 Å². The molecule has 3 rings (SSSR count). The summed E-state index contributed by atoms with van der Waals surface area (Å²) in [5, 5.41) is 10.9. The lowest BCUT2D eigenvalue weighted by Gasteiger charge is -2.27. The van der Waals surface area contributed by atoms with Gasteiger partial charge >= 0.3 is 5.97 Å². The van der Waals surface area contributed by atoms with E-state index in [4.69, 9.17) is 9.84 Å². The van der Waals surface area contributed by atoms with Crippen LogP contribution in [0.3, 0.4) is 0 Å². The summed E-state index contributed by atoms with van der Waals surface area (Å²) in [6.07, 6.45) is 1.66. The van der Waals surface area contributed by atoms with Crippen LogP contribution in [0, 0.1) is 19.8 Å². The molecule has 1 aromatic heterocycles. The Bertz CT molecular complexity index is 1060. The van der Waals surface area contributed by atoms with Gasteiger partial charge in [-0.3, -0.25) is 4.31 Å². The Morgan fingerprint density at radius 2 is 1.87 bits per heavy atom. The van der Waals surface area contributed by atoms with E-state index in [2.05, 4.69) is 18.8 Å². The van der Waals surface area contributed by atoms with Crippen LogP contribution in [0.5, 0.6) is 5.75 Å². The van der Waals surface area contributed by atoms with E-state index in [0.29, 0.717) is 16.6 Å². The number of carboxylic acid groups (broad SMARTS) is 1. The summed E-state index contributed by atoms with van der Waals surface area (Å²) in [4.78, 5) is 15.3. The Labute approximate surface area is 189 Å². The zero-order valence-corrected chi connectivity index (χ0v) is 19.6. The van der Waals surface area contributed by atoms with Crippen LogP contribution in [0.2, 0.25) is 0 Å². The second kappa shape index (κ2) is 10.1. The Morgan fingerprint density at radius 3 is 2.45 bits per heavy atom. The van der Waals surface area contributed by atoms with Crippen LogP contribution in [0.25, 0.3) is 0 Å². The molecular weight excluding hydrogens is 432 g/mol.